The zero-order valence-electron chi connectivity index (χ0n) is 18.5. The summed E-state index contributed by atoms with van der Waals surface area (Å²) in [5.41, 5.74) is 5.68. The van der Waals surface area contributed by atoms with Crippen molar-refractivity contribution < 1.29 is 17.5 Å². The third-order valence-electron chi connectivity index (χ3n) is 5.46. The Morgan fingerprint density at radius 1 is 0.964 bits per heavy atom. The molecule has 0 atom stereocenters. The molecule has 3 aromatic heterocycles. The summed E-state index contributed by atoms with van der Waals surface area (Å²) in [4.78, 5) is 0. The maximum Gasteiger partial charge on any atom is 0.336 e. The second-order valence-corrected chi connectivity index (χ2v) is 7.23. The summed E-state index contributed by atoms with van der Waals surface area (Å²) in [6, 6.07) is 17.2. The number of fused-ring (bicyclic) bond motifs is 6. The van der Waals surface area contributed by atoms with Crippen LogP contribution in [0.15, 0.2) is 69.6 Å². The normalized spacial score (nSPS) is 14.1. The quantitative estimate of drug-likeness (QED) is 0.348. The molecule has 0 unspecified atom stereocenters. The molecule has 3 heterocycles. The first-order chi connectivity index (χ1) is 14.8. The highest BCUT2D eigenvalue weighted by Gasteiger charge is 2.29. The van der Waals surface area contributed by atoms with Crippen molar-refractivity contribution in [3.05, 3.63) is 71.9 Å². The summed E-state index contributed by atoms with van der Waals surface area (Å²) in [6.07, 6.45) is 1.93. The highest BCUT2D eigenvalue weighted by Crippen LogP contribution is 2.40. The second-order valence-electron chi connectivity index (χ2n) is 7.23. The molecule has 0 N–H and O–H groups in total. The van der Waals surface area contributed by atoms with Crippen LogP contribution in [0.1, 0.15) is 15.2 Å². The fourth-order valence-corrected chi connectivity index (χ4v) is 4.29. The summed E-state index contributed by atoms with van der Waals surface area (Å²) in [6.45, 7) is -0.327. The Bertz CT molecular complexity index is 1650. The first kappa shape index (κ1) is 12.8. The van der Waals surface area contributed by atoms with Crippen LogP contribution < -0.4 is 4.57 Å². The number of aryl methyl sites for hydroxylation is 3. The molecule has 3 aromatic carbocycles. The van der Waals surface area contributed by atoms with Crippen molar-refractivity contribution in [1.82, 2.24) is 4.40 Å². The molecule has 0 spiro atoms. The fraction of sp³-hybridized carbons (Fsp3) is 0.125. The zero-order valence-corrected chi connectivity index (χ0v) is 15.5. The van der Waals surface area contributed by atoms with Crippen LogP contribution in [0.25, 0.3) is 50.1 Å². The predicted molar refractivity (Wildman–Crippen MR) is 111 cm³/mol. The van der Waals surface area contributed by atoms with Crippen molar-refractivity contribution in [1.29, 1.82) is 0 Å². The van der Waals surface area contributed by atoms with E-state index in [2.05, 4.69) is 4.40 Å². The molecule has 4 nitrogen and oxygen atoms in total. The zero-order chi connectivity index (χ0) is 21.5. The van der Waals surface area contributed by atoms with Gasteiger partial charge in [0.05, 0.1) is 7.05 Å². The van der Waals surface area contributed by atoms with Crippen molar-refractivity contribution in [2.45, 2.75) is 13.8 Å². The summed E-state index contributed by atoms with van der Waals surface area (Å²) < 4.78 is 40.8. The average molecular weight is 370 g/mol. The van der Waals surface area contributed by atoms with E-state index in [-0.39, 0.29) is 0 Å². The number of hydrogen-bond donors (Lipinski definition) is 0. The lowest BCUT2D eigenvalue weighted by molar-refractivity contribution is -0.658. The molecule has 6 aromatic rings. The minimum atomic E-state index is -2.26. The first-order valence-corrected chi connectivity index (χ1v) is 9.19. The van der Waals surface area contributed by atoms with Gasteiger partial charge in [-0.2, -0.15) is 4.40 Å². The van der Waals surface area contributed by atoms with Crippen LogP contribution in [-0.4, -0.2) is 4.40 Å². The maximum atomic E-state index is 8.13. The molecule has 0 bridgehead atoms. The van der Waals surface area contributed by atoms with E-state index >= 15 is 0 Å². The van der Waals surface area contributed by atoms with Crippen LogP contribution >= 0.6 is 0 Å². The number of para-hydroxylation sites is 3. The largest absolute Gasteiger partial charge is 0.455 e. The molecule has 0 aliphatic heterocycles. The molecule has 0 saturated carbocycles. The van der Waals surface area contributed by atoms with E-state index in [1.54, 1.807) is 6.07 Å². The third-order valence-corrected chi connectivity index (χ3v) is 5.46. The highest BCUT2D eigenvalue weighted by atomic mass is 16.3. The summed E-state index contributed by atoms with van der Waals surface area (Å²) >= 11 is 0. The van der Waals surface area contributed by atoms with Gasteiger partial charge in [0.2, 0.25) is 0 Å². The lowest BCUT2D eigenvalue weighted by Crippen LogP contribution is -2.28. The van der Waals surface area contributed by atoms with Gasteiger partial charge in [-0.25, -0.2) is 4.57 Å². The second kappa shape index (κ2) is 5.26. The minimum Gasteiger partial charge on any atom is -0.455 e. The molecule has 4 heteroatoms. The van der Waals surface area contributed by atoms with Gasteiger partial charge in [0.1, 0.15) is 11.1 Å². The monoisotopic (exact) mass is 370 g/mol. The maximum absolute atomic E-state index is 8.13. The molecule has 0 aliphatic rings. The van der Waals surface area contributed by atoms with Crippen molar-refractivity contribution in [3.63, 3.8) is 0 Å². The smallest absolute Gasteiger partial charge is 0.336 e. The van der Waals surface area contributed by atoms with Crippen LogP contribution in [0.2, 0.25) is 0 Å². The van der Waals surface area contributed by atoms with Crippen LogP contribution in [0.4, 0.5) is 0 Å². The Kier molecular flexibility index (Phi) is 2.40. The molecule has 0 amide bonds. The van der Waals surface area contributed by atoms with Gasteiger partial charge >= 0.3 is 11.5 Å². The molecular weight excluding hydrogens is 348 g/mol. The number of imidazole rings is 1. The van der Waals surface area contributed by atoms with Crippen LogP contribution in [0.5, 0.6) is 0 Å². The Labute approximate surface area is 165 Å². The topological polar surface area (TPSA) is 34.6 Å². The lowest BCUT2D eigenvalue weighted by atomic mass is 9.98. The van der Waals surface area contributed by atoms with Gasteiger partial charge in [0.15, 0.2) is 22.9 Å². The van der Waals surface area contributed by atoms with Crippen LogP contribution in [0, 0.1) is 13.8 Å². The van der Waals surface area contributed by atoms with Crippen LogP contribution in [0.3, 0.4) is 0 Å². The van der Waals surface area contributed by atoms with E-state index in [1.165, 1.54) is 0 Å². The van der Waals surface area contributed by atoms with Crippen molar-refractivity contribution in [3.8, 4) is 11.4 Å². The van der Waals surface area contributed by atoms with Gasteiger partial charge in [-0.3, -0.25) is 0 Å². The molecular formula is C24H19N2O2+. The Morgan fingerprint density at radius 3 is 2.61 bits per heavy atom. The minimum absolute atomic E-state index is 0.307. The highest BCUT2D eigenvalue weighted by molar-refractivity contribution is 6.11. The van der Waals surface area contributed by atoms with Gasteiger partial charge in [-0.1, -0.05) is 36.4 Å². The number of furan rings is 1. The Hall–Kier alpha value is -3.53. The molecule has 28 heavy (non-hydrogen) atoms. The van der Waals surface area contributed by atoms with E-state index in [0.29, 0.717) is 27.8 Å². The SMILES string of the molecule is [2H]C([2H])([2H])c1cc(C)c(-c2n3c(c[n+]2C)oc2ccccc23)c2oc3ccccc3c12. The number of nitrogens with zero attached hydrogens (tertiary/aromatic N) is 2. The number of oxazole rings is 1. The Balaban J connectivity index is 1.84. The molecule has 6 rings (SSSR count). The summed E-state index contributed by atoms with van der Waals surface area (Å²) in [5, 5.41) is 1.44. The number of hydrogen-bond acceptors (Lipinski definition) is 2. The van der Waals surface area contributed by atoms with Gasteiger partial charge < -0.3 is 8.83 Å². The predicted octanol–water partition coefficient (Wildman–Crippen LogP) is 5.69. The summed E-state index contributed by atoms with van der Waals surface area (Å²) in [7, 11) is 1.96. The van der Waals surface area contributed by atoms with Gasteiger partial charge in [-0.05, 0) is 43.1 Å². The molecule has 0 aliphatic carbocycles. The fourth-order valence-electron chi connectivity index (χ4n) is 4.29. The van der Waals surface area contributed by atoms with Crippen molar-refractivity contribution >= 4 is 38.8 Å². The lowest BCUT2D eigenvalue weighted by Gasteiger charge is -2.06. The average Bonchev–Trinajstić information content (AvgIpc) is 3.36. The molecule has 0 radical (unpaired) electrons. The van der Waals surface area contributed by atoms with Gasteiger partial charge in [0.25, 0.3) is 0 Å². The van der Waals surface area contributed by atoms with Crippen LogP contribution in [-0.2, 0) is 7.05 Å². The van der Waals surface area contributed by atoms with Crippen molar-refractivity contribution in [2.75, 3.05) is 0 Å². The molecule has 136 valence electrons. The molecule has 0 saturated heterocycles. The Morgan fingerprint density at radius 2 is 1.75 bits per heavy atom. The van der Waals surface area contributed by atoms with Gasteiger partial charge in [-0.15, -0.1) is 0 Å². The van der Waals surface area contributed by atoms with E-state index in [0.717, 1.165) is 33.4 Å². The number of aromatic nitrogens is 2. The number of rotatable bonds is 1. The van der Waals surface area contributed by atoms with E-state index in [4.69, 9.17) is 12.9 Å². The van der Waals surface area contributed by atoms with E-state index in [1.807, 2.05) is 73.3 Å². The first-order valence-electron chi connectivity index (χ1n) is 10.7. The van der Waals surface area contributed by atoms with E-state index in [9.17, 15) is 0 Å². The molecule has 0 fully saturated rings. The summed E-state index contributed by atoms with van der Waals surface area (Å²) in [5.74, 6) is 0.874. The third kappa shape index (κ3) is 1.87. The standard InChI is InChI=1S/C24H19N2O2/c1-14-12-15(2)22(23-21(14)16-8-4-6-10-18(16)28-23)24-25(3)13-20-26(24)17-9-5-7-11-19(17)27-20/h4-13H,1-3H3/q+1/i1D3. The van der Waals surface area contributed by atoms with E-state index < -0.39 is 6.85 Å². The number of benzene rings is 3. The van der Waals surface area contributed by atoms with Gasteiger partial charge in [0, 0.05) is 14.9 Å². The van der Waals surface area contributed by atoms with Crippen molar-refractivity contribution in [2.24, 2.45) is 7.05 Å².